The molecule has 0 aromatic heterocycles. The Kier molecular flexibility index (Phi) is 4.65. The van der Waals surface area contributed by atoms with Crippen LogP contribution in [-0.2, 0) is 4.79 Å². The Morgan fingerprint density at radius 2 is 2.06 bits per heavy atom. The van der Waals surface area contributed by atoms with Crippen LogP contribution >= 0.6 is 0 Å². The zero-order valence-corrected chi connectivity index (χ0v) is 10.2. The van der Waals surface area contributed by atoms with Gasteiger partial charge in [-0.2, -0.15) is 0 Å². The van der Waals surface area contributed by atoms with Crippen LogP contribution in [0.3, 0.4) is 0 Å². The fourth-order valence-corrected chi connectivity index (χ4v) is 1.34. The van der Waals surface area contributed by atoms with Crippen LogP contribution in [0, 0.1) is 5.82 Å². The Hall–Kier alpha value is -2.11. The molecule has 0 unspecified atom stereocenters. The number of carbonyl (C=O) groups is 2. The van der Waals surface area contributed by atoms with Crippen molar-refractivity contribution in [2.45, 2.75) is 6.42 Å². The molecule has 0 bridgehead atoms. The van der Waals surface area contributed by atoms with Crippen LogP contribution in [0.4, 0.5) is 10.1 Å². The van der Waals surface area contributed by atoms with E-state index >= 15 is 0 Å². The van der Waals surface area contributed by atoms with Gasteiger partial charge in [0.2, 0.25) is 0 Å². The predicted molar refractivity (Wildman–Crippen MR) is 65.3 cm³/mol. The van der Waals surface area contributed by atoms with Crippen LogP contribution in [-0.4, -0.2) is 37.6 Å². The lowest BCUT2D eigenvalue weighted by atomic mass is 10.1. The molecule has 0 heterocycles. The van der Waals surface area contributed by atoms with Gasteiger partial charge in [0.15, 0.2) is 0 Å². The fraction of sp³-hybridized carbons (Fsp3) is 0.333. The molecule has 1 aromatic rings. The van der Waals surface area contributed by atoms with Crippen molar-refractivity contribution in [2.24, 2.45) is 0 Å². The third kappa shape index (κ3) is 3.73. The van der Waals surface area contributed by atoms with Crippen LogP contribution in [0.2, 0.25) is 0 Å². The minimum absolute atomic E-state index is 0.0248. The average molecular weight is 254 g/mol. The van der Waals surface area contributed by atoms with Gasteiger partial charge in [0, 0.05) is 26.3 Å². The lowest BCUT2D eigenvalue weighted by Crippen LogP contribution is -2.27. The number of anilines is 1. The van der Waals surface area contributed by atoms with Gasteiger partial charge >= 0.3 is 5.97 Å². The highest BCUT2D eigenvalue weighted by Gasteiger charge is 2.12. The standard InChI is InChI=1S/C12H15FN2O3/c1-15(2)8-3-4-9(10(13)7-8)12(18)14-6-5-11(16)17/h3-4,7H,5-6H2,1-2H3,(H,14,18)(H,16,17). The normalized spacial score (nSPS) is 9.94. The number of hydrogen-bond donors (Lipinski definition) is 2. The average Bonchev–Trinajstić information content (AvgIpc) is 2.27. The zero-order valence-electron chi connectivity index (χ0n) is 10.2. The van der Waals surface area contributed by atoms with Crippen LogP contribution in [0.25, 0.3) is 0 Å². The van der Waals surface area contributed by atoms with Crippen molar-refractivity contribution in [3.05, 3.63) is 29.6 Å². The van der Waals surface area contributed by atoms with E-state index in [1.54, 1.807) is 25.1 Å². The maximum atomic E-state index is 13.6. The van der Waals surface area contributed by atoms with Gasteiger partial charge in [0.05, 0.1) is 12.0 Å². The molecule has 0 spiro atoms. The maximum absolute atomic E-state index is 13.6. The van der Waals surface area contributed by atoms with Gasteiger partial charge in [0.25, 0.3) is 5.91 Å². The number of aliphatic carboxylic acids is 1. The van der Waals surface area contributed by atoms with Crippen molar-refractivity contribution in [3.63, 3.8) is 0 Å². The third-order valence-corrected chi connectivity index (χ3v) is 2.34. The maximum Gasteiger partial charge on any atom is 0.305 e. The molecule has 0 saturated heterocycles. The first-order valence-electron chi connectivity index (χ1n) is 5.38. The van der Waals surface area contributed by atoms with Crippen molar-refractivity contribution >= 4 is 17.6 Å². The second kappa shape index (κ2) is 6.00. The van der Waals surface area contributed by atoms with Crippen LogP contribution in [0.1, 0.15) is 16.8 Å². The lowest BCUT2D eigenvalue weighted by molar-refractivity contribution is -0.136. The van der Waals surface area contributed by atoms with Gasteiger partial charge in [-0.15, -0.1) is 0 Å². The van der Waals surface area contributed by atoms with E-state index < -0.39 is 17.7 Å². The van der Waals surface area contributed by atoms with E-state index in [2.05, 4.69) is 5.32 Å². The molecule has 1 amide bonds. The molecule has 6 heteroatoms. The smallest absolute Gasteiger partial charge is 0.305 e. The Morgan fingerprint density at radius 1 is 1.39 bits per heavy atom. The number of rotatable bonds is 5. The molecule has 98 valence electrons. The number of benzene rings is 1. The number of carboxylic acid groups (broad SMARTS) is 1. The summed E-state index contributed by atoms with van der Waals surface area (Å²) in [6.07, 6.45) is -0.191. The Labute approximate surface area is 104 Å². The largest absolute Gasteiger partial charge is 0.481 e. The quantitative estimate of drug-likeness (QED) is 0.825. The molecule has 18 heavy (non-hydrogen) atoms. The molecule has 0 radical (unpaired) electrons. The Balaban J connectivity index is 2.71. The van der Waals surface area contributed by atoms with Gasteiger partial charge < -0.3 is 15.3 Å². The predicted octanol–water partition coefficient (Wildman–Crippen LogP) is 1.10. The monoisotopic (exact) mass is 254 g/mol. The van der Waals surface area contributed by atoms with Gasteiger partial charge in [-0.05, 0) is 18.2 Å². The summed E-state index contributed by atoms with van der Waals surface area (Å²) >= 11 is 0. The number of nitrogens with zero attached hydrogens (tertiary/aromatic N) is 1. The second-order valence-electron chi connectivity index (χ2n) is 3.96. The highest BCUT2D eigenvalue weighted by Crippen LogP contribution is 2.16. The van der Waals surface area contributed by atoms with Crippen molar-refractivity contribution < 1.29 is 19.1 Å². The number of carboxylic acids is 1. The van der Waals surface area contributed by atoms with E-state index in [1.165, 1.54) is 12.1 Å². The molecular weight excluding hydrogens is 239 g/mol. The number of hydrogen-bond acceptors (Lipinski definition) is 3. The topological polar surface area (TPSA) is 69.6 Å². The first-order chi connectivity index (χ1) is 8.41. The summed E-state index contributed by atoms with van der Waals surface area (Å²) in [5.74, 6) is -2.26. The van der Waals surface area contributed by atoms with E-state index in [1.807, 2.05) is 0 Å². The Bertz CT molecular complexity index is 461. The molecule has 0 saturated carbocycles. The summed E-state index contributed by atoms with van der Waals surface area (Å²) in [5, 5.41) is 10.8. The van der Waals surface area contributed by atoms with E-state index in [0.29, 0.717) is 5.69 Å². The first kappa shape index (κ1) is 14.0. The van der Waals surface area contributed by atoms with Crippen LogP contribution in [0.15, 0.2) is 18.2 Å². The summed E-state index contributed by atoms with van der Waals surface area (Å²) in [5.41, 5.74) is 0.556. The SMILES string of the molecule is CN(C)c1ccc(C(=O)NCCC(=O)O)c(F)c1. The summed E-state index contributed by atoms with van der Waals surface area (Å²) in [6, 6.07) is 4.25. The van der Waals surface area contributed by atoms with E-state index in [9.17, 15) is 14.0 Å². The molecule has 2 N–H and O–H groups in total. The van der Waals surface area contributed by atoms with E-state index in [4.69, 9.17) is 5.11 Å². The second-order valence-corrected chi connectivity index (χ2v) is 3.96. The molecule has 0 atom stereocenters. The molecule has 1 rings (SSSR count). The van der Waals surface area contributed by atoms with E-state index in [-0.39, 0.29) is 18.5 Å². The molecule has 1 aromatic carbocycles. The molecule has 0 aliphatic carbocycles. The van der Waals surface area contributed by atoms with Crippen LogP contribution < -0.4 is 10.2 Å². The van der Waals surface area contributed by atoms with Crippen molar-refractivity contribution in [3.8, 4) is 0 Å². The summed E-state index contributed by atoms with van der Waals surface area (Å²) in [6.45, 7) is -0.0248. The van der Waals surface area contributed by atoms with Crippen molar-refractivity contribution in [1.29, 1.82) is 0 Å². The highest BCUT2D eigenvalue weighted by atomic mass is 19.1. The molecule has 0 fully saturated rings. The van der Waals surface area contributed by atoms with Crippen LogP contribution in [0.5, 0.6) is 0 Å². The number of amides is 1. The van der Waals surface area contributed by atoms with Gasteiger partial charge in [0.1, 0.15) is 5.82 Å². The van der Waals surface area contributed by atoms with Gasteiger partial charge in [-0.25, -0.2) is 4.39 Å². The molecule has 0 aliphatic heterocycles. The summed E-state index contributed by atoms with van der Waals surface area (Å²) in [4.78, 5) is 23.6. The third-order valence-electron chi connectivity index (χ3n) is 2.34. The van der Waals surface area contributed by atoms with E-state index in [0.717, 1.165) is 0 Å². The lowest BCUT2D eigenvalue weighted by Gasteiger charge is -2.13. The first-order valence-corrected chi connectivity index (χ1v) is 5.38. The van der Waals surface area contributed by atoms with Gasteiger partial charge in [-0.3, -0.25) is 9.59 Å². The summed E-state index contributed by atoms with van der Waals surface area (Å²) in [7, 11) is 3.53. The highest BCUT2D eigenvalue weighted by molar-refractivity contribution is 5.95. The summed E-state index contributed by atoms with van der Waals surface area (Å²) < 4.78 is 13.6. The number of halogens is 1. The zero-order chi connectivity index (χ0) is 13.7. The molecular formula is C12H15FN2O3. The Morgan fingerprint density at radius 3 is 2.56 bits per heavy atom. The minimum atomic E-state index is -1.02. The fourth-order valence-electron chi connectivity index (χ4n) is 1.34. The number of nitrogens with one attached hydrogen (secondary N) is 1. The number of carbonyl (C=O) groups excluding carboxylic acids is 1. The van der Waals surface area contributed by atoms with Crippen molar-refractivity contribution in [1.82, 2.24) is 5.32 Å². The van der Waals surface area contributed by atoms with Gasteiger partial charge in [-0.1, -0.05) is 0 Å². The minimum Gasteiger partial charge on any atom is -0.481 e. The van der Waals surface area contributed by atoms with Crippen molar-refractivity contribution in [2.75, 3.05) is 25.5 Å². The molecule has 5 nitrogen and oxygen atoms in total. The molecule has 0 aliphatic rings.